The molecule has 2 aromatic rings. The van der Waals surface area contributed by atoms with Crippen molar-refractivity contribution in [2.75, 3.05) is 6.61 Å². The minimum Gasteiger partial charge on any atom is -0.462 e. The molecule has 0 radical (unpaired) electrons. The number of fused-ring (bicyclic) bond motifs is 1. The van der Waals surface area contributed by atoms with Crippen molar-refractivity contribution in [3.63, 3.8) is 0 Å². The van der Waals surface area contributed by atoms with E-state index < -0.39 is 14.2 Å². The maximum atomic E-state index is 12.4. The smallest absolute Gasteiger partial charge is 0.343 e. The fourth-order valence-corrected chi connectivity index (χ4v) is 3.62. The second kappa shape index (κ2) is 5.24. The van der Waals surface area contributed by atoms with Crippen molar-refractivity contribution in [3.8, 4) is 0 Å². The molecule has 0 bridgehead atoms. The van der Waals surface area contributed by atoms with Gasteiger partial charge in [-0.05, 0) is 19.1 Å². The monoisotopic (exact) mass is 289 g/mol. The van der Waals surface area contributed by atoms with Crippen LogP contribution in [-0.4, -0.2) is 25.0 Å². The molecule has 5 heteroatoms. The maximum absolute atomic E-state index is 12.4. The van der Waals surface area contributed by atoms with Crippen LogP contribution in [0.4, 0.5) is 0 Å². The van der Waals surface area contributed by atoms with Gasteiger partial charge in [-0.3, -0.25) is 4.79 Å². The van der Waals surface area contributed by atoms with Crippen molar-refractivity contribution in [2.24, 2.45) is 0 Å². The molecule has 0 saturated carbocycles. The average Bonchev–Trinajstić information content (AvgIpc) is 2.38. The molecular weight excluding hydrogens is 270 g/mol. The van der Waals surface area contributed by atoms with Crippen LogP contribution < -0.4 is 5.43 Å². The van der Waals surface area contributed by atoms with Crippen LogP contribution in [0, 0.1) is 0 Å². The van der Waals surface area contributed by atoms with Crippen LogP contribution in [0.5, 0.6) is 0 Å². The maximum Gasteiger partial charge on any atom is 0.343 e. The summed E-state index contributed by atoms with van der Waals surface area (Å²) in [6.07, 6.45) is 1.66. The Labute approximate surface area is 119 Å². The standard InChI is InChI=1S/C15H19NO3Si/c1-5-19-15(18)12-10-16(20(2,3)4)13-9-7-6-8-11(13)14(12)17/h6-10H,5H2,1-4H3. The molecule has 20 heavy (non-hydrogen) atoms. The van der Waals surface area contributed by atoms with E-state index in [1.54, 1.807) is 19.2 Å². The third kappa shape index (κ3) is 2.53. The van der Waals surface area contributed by atoms with Crippen molar-refractivity contribution in [1.82, 2.24) is 4.23 Å². The largest absolute Gasteiger partial charge is 0.462 e. The molecule has 1 aromatic carbocycles. The van der Waals surface area contributed by atoms with Crippen LogP contribution in [-0.2, 0) is 4.74 Å². The summed E-state index contributed by atoms with van der Waals surface area (Å²) in [4.78, 5) is 24.4. The number of aromatic nitrogens is 1. The van der Waals surface area contributed by atoms with E-state index in [4.69, 9.17) is 4.74 Å². The van der Waals surface area contributed by atoms with Crippen LogP contribution in [0.1, 0.15) is 17.3 Å². The second-order valence-corrected chi connectivity index (χ2v) is 10.5. The van der Waals surface area contributed by atoms with Gasteiger partial charge in [-0.2, -0.15) is 0 Å². The highest BCUT2D eigenvalue weighted by Crippen LogP contribution is 2.17. The van der Waals surface area contributed by atoms with Crippen LogP contribution in [0.2, 0.25) is 19.6 Å². The third-order valence-electron chi connectivity index (χ3n) is 3.13. The molecule has 1 aromatic heterocycles. The number of esters is 1. The van der Waals surface area contributed by atoms with Gasteiger partial charge >= 0.3 is 5.97 Å². The number of hydrogen-bond donors (Lipinski definition) is 0. The summed E-state index contributed by atoms with van der Waals surface area (Å²) in [5.74, 6) is -0.546. The average molecular weight is 289 g/mol. The van der Waals surface area contributed by atoms with E-state index in [9.17, 15) is 9.59 Å². The van der Waals surface area contributed by atoms with Gasteiger partial charge in [0.1, 0.15) is 5.56 Å². The fraction of sp³-hybridized carbons (Fsp3) is 0.333. The van der Waals surface area contributed by atoms with Gasteiger partial charge in [-0.1, -0.05) is 31.8 Å². The Balaban J connectivity index is 2.82. The van der Waals surface area contributed by atoms with Crippen molar-refractivity contribution in [1.29, 1.82) is 0 Å². The Morgan fingerprint density at radius 1 is 1.25 bits per heavy atom. The first-order valence-electron chi connectivity index (χ1n) is 6.68. The van der Waals surface area contributed by atoms with Crippen molar-refractivity contribution < 1.29 is 9.53 Å². The first kappa shape index (κ1) is 14.5. The molecule has 0 atom stereocenters. The molecule has 4 nitrogen and oxygen atoms in total. The Bertz CT molecular complexity index is 713. The number of carbonyl (C=O) groups excluding carboxylic acids is 1. The zero-order chi connectivity index (χ0) is 14.9. The van der Waals surface area contributed by atoms with Gasteiger partial charge in [0.05, 0.1) is 6.61 Å². The van der Waals surface area contributed by atoms with E-state index in [1.165, 1.54) is 0 Å². The number of pyridine rings is 1. The summed E-state index contributed by atoms with van der Waals surface area (Å²) in [5, 5.41) is 0.570. The highest BCUT2D eigenvalue weighted by molar-refractivity contribution is 6.75. The Morgan fingerprint density at radius 2 is 1.90 bits per heavy atom. The summed E-state index contributed by atoms with van der Waals surface area (Å²) in [6.45, 7) is 8.49. The lowest BCUT2D eigenvalue weighted by molar-refractivity contribution is 0.0524. The predicted octanol–water partition coefficient (Wildman–Crippen LogP) is 2.86. The van der Waals surface area contributed by atoms with Gasteiger partial charge in [0.2, 0.25) is 5.43 Å². The summed E-state index contributed by atoms with van der Waals surface area (Å²) < 4.78 is 7.07. The van der Waals surface area contributed by atoms with E-state index in [2.05, 4.69) is 23.9 Å². The minimum absolute atomic E-state index is 0.118. The quantitative estimate of drug-likeness (QED) is 0.645. The van der Waals surface area contributed by atoms with Crippen molar-refractivity contribution in [3.05, 3.63) is 46.2 Å². The van der Waals surface area contributed by atoms with Gasteiger partial charge < -0.3 is 8.97 Å². The zero-order valence-electron chi connectivity index (χ0n) is 12.3. The lowest BCUT2D eigenvalue weighted by atomic mass is 10.1. The third-order valence-corrected chi connectivity index (χ3v) is 4.94. The molecule has 0 unspecified atom stereocenters. The van der Waals surface area contributed by atoms with Crippen LogP contribution in [0.3, 0.4) is 0 Å². The summed E-state index contributed by atoms with van der Waals surface area (Å²) in [5.41, 5.74) is 0.742. The molecular formula is C15H19NO3Si. The summed E-state index contributed by atoms with van der Waals surface area (Å²) in [6, 6.07) is 7.40. The number of nitrogens with zero attached hydrogens (tertiary/aromatic N) is 1. The molecule has 0 aliphatic rings. The van der Waals surface area contributed by atoms with E-state index in [-0.39, 0.29) is 17.6 Å². The number of para-hydroxylation sites is 1. The van der Waals surface area contributed by atoms with Gasteiger partial charge in [0, 0.05) is 17.1 Å². The molecule has 2 rings (SSSR count). The van der Waals surface area contributed by atoms with E-state index in [0.717, 1.165) is 5.52 Å². The first-order chi connectivity index (χ1) is 9.36. The van der Waals surface area contributed by atoms with Crippen molar-refractivity contribution in [2.45, 2.75) is 26.6 Å². The molecule has 0 saturated heterocycles. The lowest BCUT2D eigenvalue weighted by Crippen LogP contribution is -2.35. The SMILES string of the molecule is CCOC(=O)c1cn([Si](C)(C)C)c2ccccc2c1=O. The lowest BCUT2D eigenvalue weighted by Gasteiger charge is -2.24. The number of benzene rings is 1. The molecule has 0 N–H and O–H groups in total. The molecule has 0 fully saturated rings. The molecule has 106 valence electrons. The van der Waals surface area contributed by atoms with Crippen LogP contribution >= 0.6 is 0 Å². The Morgan fingerprint density at radius 3 is 2.50 bits per heavy atom. The molecule has 0 spiro atoms. The minimum atomic E-state index is -1.75. The zero-order valence-corrected chi connectivity index (χ0v) is 13.3. The summed E-state index contributed by atoms with van der Waals surface area (Å²) in [7, 11) is -1.75. The molecule has 0 aliphatic heterocycles. The van der Waals surface area contributed by atoms with Crippen molar-refractivity contribution >= 4 is 25.1 Å². The van der Waals surface area contributed by atoms with E-state index >= 15 is 0 Å². The molecule has 0 aliphatic carbocycles. The molecule has 0 amide bonds. The highest BCUT2D eigenvalue weighted by Gasteiger charge is 2.22. The molecule has 1 heterocycles. The number of hydrogen-bond acceptors (Lipinski definition) is 3. The topological polar surface area (TPSA) is 48.3 Å². The number of carbonyl (C=O) groups is 1. The first-order valence-corrected chi connectivity index (χ1v) is 10.1. The predicted molar refractivity (Wildman–Crippen MR) is 82.9 cm³/mol. The van der Waals surface area contributed by atoms with Crippen LogP contribution in [0.25, 0.3) is 10.9 Å². The Kier molecular flexibility index (Phi) is 3.81. The summed E-state index contributed by atoms with van der Waals surface area (Å²) >= 11 is 0. The second-order valence-electron chi connectivity index (χ2n) is 5.65. The van der Waals surface area contributed by atoms with Gasteiger partial charge in [-0.15, -0.1) is 0 Å². The highest BCUT2D eigenvalue weighted by atomic mass is 28.3. The van der Waals surface area contributed by atoms with Gasteiger partial charge in [0.15, 0.2) is 8.24 Å². The van der Waals surface area contributed by atoms with Gasteiger partial charge in [0.25, 0.3) is 0 Å². The van der Waals surface area contributed by atoms with E-state index in [1.807, 2.05) is 18.2 Å². The van der Waals surface area contributed by atoms with Crippen LogP contribution in [0.15, 0.2) is 35.3 Å². The normalized spacial score (nSPS) is 11.6. The van der Waals surface area contributed by atoms with E-state index in [0.29, 0.717) is 5.39 Å². The Hall–Kier alpha value is -1.88. The number of rotatable bonds is 3. The van der Waals surface area contributed by atoms with Gasteiger partial charge in [-0.25, -0.2) is 4.79 Å². The number of ether oxygens (including phenoxy) is 1. The fourth-order valence-electron chi connectivity index (χ4n) is 2.19.